The molecule has 5 aromatic rings. The molecule has 2 saturated heterocycles. The number of allylic oxidation sites excluding steroid dienone is 5. The van der Waals surface area contributed by atoms with Crippen molar-refractivity contribution >= 4 is 69.4 Å². The summed E-state index contributed by atoms with van der Waals surface area (Å²) in [6.07, 6.45) is 13.4. The van der Waals surface area contributed by atoms with Crippen molar-refractivity contribution in [3.8, 4) is 11.3 Å². The highest BCUT2D eigenvalue weighted by Gasteiger charge is 2.53. The third kappa shape index (κ3) is 31.5. The predicted octanol–water partition coefficient (Wildman–Crippen LogP) is 7.24. The van der Waals surface area contributed by atoms with E-state index in [0.29, 0.717) is 202 Å². The van der Waals surface area contributed by atoms with Crippen molar-refractivity contribution in [1.29, 1.82) is 0 Å². The normalized spacial score (nSPS) is 26.3. The van der Waals surface area contributed by atoms with Gasteiger partial charge >= 0.3 is 12.1 Å². The maximum atomic E-state index is 14.8. The van der Waals surface area contributed by atoms with Gasteiger partial charge in [0.15, 0.2) is 17.0 Å². The number of carbonyl (C=O) groups excluding carboxylic acids is 6. The van der Waals surface area contributed by atoms with Crippen molar-refractivity contribution in [3.05, 3.63) is 95.9 Å². The Labute approximate surface area is 742 Å². The van der Waals surface area contributed by atoms with Gasteiger partial charge in [-0.1, -0.05) is 71.1 Å². The van der Waals surface area contributed by atoms with Crippen molar-refractivity contribution in [2.24, 2.45) is 35.5 Å². The Morgan fingerprint density at radius 1 is 0.677 bits per heavy atom. The molecule has 1 aliphatic carbocycles. The summed E-state index contributed by atoms with van der Waals surface area (Å²) in [7, 11) is 4.52. The lowest BCUT2D eigenvalue weighted by Gasteiger charge is -2.43. The van der Waals surface area contributed by atoms with Crippen molar-refractivity contribution in [1.82, 2.24) is 50.2 Å². The molecule has 4 aromatic heterocycles. The van der Waals surface area contributed by atoms with Crippen molar-refractivity contribution < 1.29 is 120 Å². The molecule has 7 heterocycles. The number of amides is 3. The molecule has 4 aliphatic rings. The molecule has 0 spiro atoms. The summed E-state index contributed by atoms with van der Waals surface area (Å²) >= 11 is 0. The number of ketones is 2. The number of ether oxygens (including phenoxy) is 15. The highest BCUT2D eigenvalue weighted by atomic mass is 16.6. The molecular formula is C90H134N12O25. The first kappa shape index (κ1) is 102. The molecule has 3 fully saturated rings. The number of anilines is 2. The van der Waals surface area contributed by atoms with Gasteiger partial charge in [-0.3, -0.25) is 19.2 Å². The van der Waals surface area contributed by atoms with E-state index >= 15 is 0 Å². The molecule has 2 bridgehead atoms. The first-order valence-electron chi connectivity index (χ1n) is 44.3. The Bertz CT molecular complexity index is 4360. The van der Waals surface area contributed by atoms with Crippen LogP contribution in [0.25, 0.3) is 33.4 Å². The fraction of sp³-hybridized carbons (Fsp3) is 0.667. The Morgan fingerprint density at radius 3 is 1.91 bits per heavy atom. The minimum absolute atomic E-state index is 0.00312. The first-order valence-corrected chi connectivity index (χ1v) is 44.3. The maximum absolute atomic E-state index is 14.8. The second-order valence-electron chi connectivity index (χ2n) is 33.0. The fourth-order valence-corrected chi connectivity index (χ4v) is 16.1. The van der Waals surface area contributed by atoms with E-state index in [1.807, 2.05) is 64.1 Å². The van der Waals surface area contributed by atoms with Crippen LogP contribution in [0, 0.1) is 35.5 Å². The summed E-state index contributed by atoms with van der Waals surface area (Å²) in [4.78, 5) is 106. The number of methoxy groups -OCH3 is 3. The zero-order valence-corrected chi connectivity index (χ0v) is 75.2. The van der Waals surface area contributed by atoms with E-state index in [0.717, 1.165) is 11.1 Å². The van der Waals surface area contributed by atoms with Gasteiger partial charge in [0, 0.05) is 95.1 Å². The van der Waals surface area contributed by atoms with Gasteiger partial charge in [0.2, 0.25) is 11.6 Å². The van der Waals surface area contributed by atoms with Crippen LogP contribution in [0.15, 0.2) is 88.9 Å². The minimum Gasteiger partial charge on any atom is -0.460 e. The summed E-state index contributed by atoms with van der Waals surface area (Å²) in [6, 6.07) is 4.25. The number of nitrogens with one attached hydrogen (secondary N) is 2. The van der Waals surface area contributed by atoms with Gasteiger partial charge in [0.05, 0.1) is 155 Å². The van der Waals surface area contributed by atoms with E-state index in [-0.39, 0.29) is 99.8 Å². The number of esters is 1. The third-order valence-corrected chi connectivity index (χ3v) is 23.4. The molecule has 9 rings (SSSR count). The van der Waals surface area contributed by atoms with Crippen LogP contribution in [0.5, 0.6) is 0 Å². The minimum atomic E-state index is -2.47. The van der Waals surface area contributed by atoms with Gasteiger partial charge in [-0.2, -0.15) is 10.1 Å². The second kappa shape index (κ2) is 53.4. The van der Waals surface area contributed by atoms with Gasteiger partial charge in [0.1, 0.15) is 53.8 Å². The average Bonchev–Trinajstić information content (AvgIpc) is 1.55. The number of aliphatic hydroxyl groups excluding tert-OH is 2. The summed E-state index contributed by atoms with van der Waals surface area (Å²) in [5.74, 6) is -8.12. The molecule has 3 amide bonds. The second-order valence-corrected chi connectivity index (χ2v) is 33.0. The number of cyclic esters (lactones) is 1. The summed E-state index contributed by atoms with van der Waals surface area (Å²) in [6.45, 7) is 20.0. The van der Waals surface area contributed by atoms with Crippen molar-refractivity contribution in [2.45, 2.75) is 193 Å². The number of aliphatic hydroxyl groups is 3. The Hall–Kier alpha value is -8.74. The molecule has 16 atom stereocenters. The highest BCUT2D eigenvalue weighted by molar-refractivity contribution is 6.39. The smallest absolute Gasteiger partial charge is 0.407 e. The molecule has 3 aliphatic heterocycles. The first-order chi connectivity index (χ1) is 61.3. The molecule has 1 aromatic carbocycles. The fourth-order valence-electron chi connectivity index (χ4n) is 16.1. The summed E-state index contributed by atoms with van der Waals surface area (Å²) < 4.78 is 93.5. The van der Waals surface area contributed by atoms with Crippen LogP contribution in [-0.2, 0) is 96.8 Å². The van der Waals surface area contributed by atoms with Crippen LogP contribution in [0.2, 0.25) is 0 Å². The molecular weight excluding hydrogens is 1650 g/mol. The lowest BCUT2D eigenvalue weighted by atomic mass is 9.78. The monoisotopic (exact) mass is 1780 g/mol. The molecule has 37 heteroatoms. The predicted molar refractivity (Wildman–Crippen MR) is 466 cm³/mol. The number of alkyl carbamates (subject to hydrolysis) is 1. The van der Waals surface area contributed by atoms with Gasteiger partial charge < -0.3 is 118 Å². The number of aromatic nitrogens is 7. The van der Waals surface area contributed by atoms with E-state index in [2.05, 4.69) is 35.6 Å². The van der Waals surface area contributed by atoms with Crippen LogP contribution in [0.4, 0.5) is 16.6 Å². The van der Waals surface area contributed by atoms with Gasteiger partial charge in [-0.05, 0) is 125 Å². The van der Waals surface area contributed by atoms with Crippen molar-refractivity contribution in [3.63, 3.8) is 0 Å². The van der Waals surface area contributed by atoms with E-state index in [4.69, 9.17) is 92.0 Å². The largest absolute Gasteiger partial charge is 0.460 e. The van der Waals surface area contributed by atoms with Crippen molar-refractivity contribution in [2.75, 3.05) is 171 Å². The quantitative estimate of drug-likeness (QED) is 0.00877. The Kier molecular flexibility index (Phi) is 42.9. The summed E-state index contributed by atoms with van der Waals surface area (Å²) in [5, 5.41) is 46.8. The van der Waals surface area contributed by atoms with Crippen LogP contribution < -0.4 is 22.1 Å². The number of hydrogen-bond donors (Lipinski definition) is 7. The van der Waals surface area contributed by atoms with Crippen LogP contribution >= 0.6 is 0 Å². The molecule has 0 radical (unpaired) electrons. The van der Waals surface area contributed by atoms with Gasteiger partial charge in [-0.25, -0.2) is 34.2 Å². The number of Topliss-reactive ketones (excluding diaryl/α,β-unsaturated/α-hetero) is 2. The van der Waals surface area contributed by atoms with E-state index < -0.39 is 108 Å². The zero-order valence-electron chi connectivity index (χ0n) is 75.2. The van der Waals surface area contributed by atoms with Gasteiger partial charge in [-0.15, -0.1) is 0 Å². The Balaban J connectivity index is 0.583. The number of piperidine rings is 1. The average molecular weight is 1780 g/mol. The number of hydrogen-bond acceptors (Lipinski definition) is 33. The van der Waals surface area contributed by atoms with Crippen LogP contribution in [-0.4, -0.2) is 311 Å². The molecule has 37 nitrogen and oxygen atoms in total. The number of benzene rings is 1. The molecule has 1 saturated carbocycles. The van der Waals surface area contributed by atoms with Crippen LogP contribution in [0.1, 0.15) is 142 Å². The number of rotatable bonds is 41. The standard InChI is InChI=1S/C90H134N12O25/c1-57-16-12-11-13-17-58(2)73(112-8)51-67-22-19-63(7)90(111,127-67)81(106)86(108)101-27-15-14-18-69(101)87(109)124-74(52-70(103)59(3)47-62(6)79(105)80(114-10)78(104)61(5)46-57)60(4)48-64-20-23-72(75(49-64)113-9)126-89(110)94-26-29-116-31-33-118-35-37-120-39-41-122-43-45-123-44-42-121-40-38-119-36-34-117-32-30-115-28-25-93-85(107)83-95-53-65(54-96-83)55-102-84-76(82(91)97-56-98-84)77(100-102)66-21-24-71-68(50-66)99-88(92)125-71/h11-13,16-17,21,24,47,50,53-54,56-57,59-61,63-64,67,69-70,72-75,79-80,103,105,111H,14-15,18-20,22-23,25-46,48-49,51-52,55H2,1-10H3,(H2,92,99)(H,93,107)(H,94,110)(H2,91,97,98)/b13-11?,16-12+,58-17?,62-47+/t57-,59-,60-,61-,63-,64+,67+,69+,70-,72-,73+,74+,75-,79-,80+,90-/m1/s1. The Morgan fingerprint density at radius 2 is 1.30 bits per heavy atom. The molecule has 9 N–H and O–H groups in total. The maximum Gasteiger partial charge on any atom is 0.407 e. The molecule has 0 unspecified atom stereocenters. The SMILES string of the molecule is CO[C@H]1C[C@@H]2CC[C@@H](C)[C@@](O)(O2)C(=O)C(=O)N2CCCC[C@H]2C(=O)O[C@H]([C@H](C)C[C@@H]2CC[C@@H](OC(=O)NCCOCCOCCOCCOCCOCCOCCOCCOCCOCCNC(=O)c3ncc(Cn4nc(-c5ccc6oc(N)nc6c5)c5c(N)ncnc54)cn3)[C@H](OC)C2)C[C@@H](O)[C@H](C)/C=C(\C)[C@@H](O)[C@@H](OC)C(=O)[C@H](C)C[C@H](C)/C=C/C=CC=C1C. The number of carbonyl (C=O) groups is 6. The molecule has 127 heavy (non-hydrogen) atoms. The van der Waals surface area contributed by atoms with Crippen LogP contribution in [0.3, 0.4) is 0 Å². The zero-order chi connectivity index (χ0) is 91.2. The number of oxazole rings is 1. The third-order valence-electron chi connectivity index (χ3n) is 23.4. The highest BCUT2D eigenvalue weighted by Crippen LogP contribution is 2.40. The number of nitrogens with zero attached hydrogens (tertiary/aromatic N) is 8. The van der Waals surface area contributed by atoms with E-state index in [1.54, 1.807) is 70.3 Å². The topological polar surface area (TPSA) is 476 Å². The number of nitrogens with two attached hydrogens (primary N) is 2. The number of fused-ring (bicyclic) bond motifs is 5. The van der Waals surface area contributed by atoms with Gasteiger partial charge in [0.25, 0.3) is 23.6 Å². The lowest BCUT2D eigenvalue weighted by molar-refractivity contribution is -0.265. The van der Waals surface area contributed by atoms with E-state index in [1.165, 1.54) is 18.3 Å². The number of nitrogen functional groups attached to an aromatic ring is 2. The molecule has 704 valence electrons. The summed E-state index contributed by atoms with van der Waals surface area (Å²) in [5.41, 5.74) is 16.9. The van der Waals surface area contributed by atoms with E-state index in [9.17, 15) is 44.1 Å². The lowest BCUT2D eigenvalue weighted by Crippen LogP contribution is -2.61.